The van der Waals surface area contributed by atoms with Crippen LogP contribution < -0.4 is 14.8 Å². The second-order valence-corrected chi connectivity index (χ2v) is 5.24. The van der Waals surface area contributed by atoms with Gasteiger partial charge < -0.3 is 14.8 Å². The number of nitrogens with one attached hydrogen (secondary N) is 1. The molecule has 112 valence electrons. The quantitative estimate of drug-likeness (QED) is 0.866. The van der Waals surface area contributed by atoms with Crippen LogP contribution in [0.4, 0.5) is 0 Å². The average molecular weight is 352 g/mol. The van der Waals surface area contributed by atoms with Gasteiger partial charge >= 0.3 is 0 Å². The summed E-state index contributed by atoms with van der Waals surface area (Å²) in [6.07, 6.45) is 3.28. The molecule has 0 bridgehead atoms. The fourth-order valence-corrected chi connectivity index (χ4v) is 2.51. The molecule has 6 heteroatoms. The molecular formula is C15H18BrN3O2. The van der Waals surface area contributed by atoms with E-state index in [9.17, 15) is 0 Å². The van der Waals surface area contributed by atoms with E-state index in [1.54, 1.807) is 26.6 Å². The van der Waals surface area contributed by atoms with E-state index >= 15 is 0 Å². The van der Waals surface area contributed by atoms with Crippen LogP contribution in [-0.4, -0.2) is 30.7 Å². The van der Waals surface area contributed by atoms with E-state index in [4.69, 9.17) is 9.47 Å². The highest BCUT2D eigenvalue weighted by Gasteiger charge is 2.23. The largest absolute Gasteiger partial charge is 0.496 e. The summed E-state index contributed by atoms with van der Waals surface area (Å²) in [6.45, 7) is 2.82. The maximum Gasteiger partial charge on any atom is 0.237 e. The predicted octanol–water partition coefficient (Wildman–Crippen LogP) is 2.96. The second-order valence-electron chi connectivity index (χ2n) is 4.33. The molecule has 0 aliphatic carbocycles. The van der Waals surface area contributed by atoms with Gasteiger partial charge in [0.2, 0.25) is 5.88 Å². The third-order valence-corrected chi connectivity index (χ3v) is 3.57. The first-order valence-electron chi connectivity index (χ1n) is 6.63. The summed E-state index contributed by atoms with van der Waals surface area (Å²) in [5.74, 6) is 1.29. The highest BCUT2D eigenvalue weighted by molar-refractivity contribution is 9.10. The molecule has 0 aliphatic heterocycles. The van der Waals surface area contributed by atoms with Crippen LogP contribution >= 0.6 is 15.9 Å². The van der Waals surface area contributed by atoms with E-state index in [2.05, 4.69) is 31.2 Å². The number of hydrogen-bond acceptors (Lipinski definition) is 5. The molecule has 21 heavy (non-hydrogen) atoms. The van der Waals surface area contributed by atoms with Gasteiger partial charge in [-0.3, -0.25) is 4.98 Å². The van der Waals surface area contributed by atoms with Crippen molar-refractivity contribution >= 4 is 15.9 Å². The summed E-state index contributed by atoms with van der Waals surface area (Å²) < 4.78 is 11.8. The van der Waals surface area contributed by atoms with Crippen LogP contribution in [-0.2, 0) is 0 Å². The van der Waals surface area contributed by atoms with Crippen LogP contribution in [0.1, 0.15) is 24.2 Å². The van der Waals surface area contributed by atoms with Crippen LogP contribution in [0.25, 0.3) is 0 Å². The molecule has 0 amide bonds. The van der Waals surface area contributed by atoms with Gasteiger partial charge in [-0.15, -0.1) is 0 Å². The summed E-state index contributed by atoms with van der Waals surface area (Å²) in [7, 11) is 3.25. The van der Waals surface area contributed by atoms with E-state index in [1.165, 1.54) is 0 Å². The van der Waals surface area contributed by atoms with E-state index in [1.807, 2.05) is 25.1 Å². The standard InChI is InChI=1S/C15H18BrN3O2/c1-4-17-13(14-15(21-3)19-8-7-18-14)11-6-5-10(16)9-12(11)20-2/h5-9,13,17H,4H2,1-3H3. The topological polar surface area (TPSA) is 56.3 Å². The van der Waals surface area contributed by atoms with Gasteiger partial charge in [-0.2, -0.15) is 0 Å². The number of methoxy groups -OCH3 is 2. The SMILES string of the molecule is CCNC(c1ccc(Br)cc1OC)c1nccnc1OC. The molecule has 0 fully saturated rings. The zero-order valence-electron chi connectivity index (χ0n) is 12.3. The Morgan fingerprint density at radius 1 is 1.19 bits per heavy atom. The van der Waals surface area contributed by atoms with Crippen LogP contribution in [0.15, 0.2) is 35.1 Å². The molecule has 1 aromatic heterocycles. The Hall–Kier alpha value is -1.66. The molecule has 0 radical (unpaired) electrons. The molecule has 2 rings (SSSR count). The van der Waals surface area contributed by atoms with Gasteiger partial charge in [0.1, 0.15) is 11.4 Å². The lowest BCUT2D eigenvalue weighted by atomic mass is 10.0. The van der Waals surface area contributed by atoms with Gasteiger partial charge in [0.25, 0.3) is 0 Å². The predicted molar refractivity (Wildman–Crippen MR) is 84.8 cm³/mol. The van der Waals surface area contributed by atoms with Crippen molar-refractivity contribution in [2.45, 2.75) is 13.0 Å². The summed E-state index contributed by atoms with van der Waals surface area (Å²) in [4.78, 5) is 8.65. The molecule has 0 saturated heterocycles. The Labute approximate surface area is 132 Å². The third-order valence-electron chi connectivity index (χ3n) is 3.07. The number of aromatic nitrogens is 2. The van der Waals surface area contributed by atoms with Gasteiger partial charge in [0, 0.05) is 22.4 Å². The Morgan fingerprint density at radius 2 is 1.95 bits per heavy atom. The first-order valence-corrected chi connectivity index (χ1v) is 7.42. The smallest absolute Gasteiger partial charge is 0.237 e. The lowest BCUT2D eigenvalue weighted by Crippen LogP contribution is -2.24. The van der Waals surface area contributed by atoms with Gasteiger partial charge in [-0.1, -0.05) is 28.9 Å². The number of nitrogens with zero attached hydrogens (tertiary/aromatic N) is 2. The van der Waals surface area contributed by atoms with Gasteiger partial charge in [-0.05, 0) is 18.7 Å². The van der Waals surface area contributed by atoms with Crippen LogP contribution in [0.3, 0.4) is 0 Å². The minimum absolute atomic E-state index is 0.151. The number of ether oxygens (including phenoxy) is 2. The average Bonchev–Trinajstić information content (AvgIpc) is 2.53. The zero-order valence-corrected chi connectivity index (χ0v) is 13.8. The van der Waals surface area contributed by atoms with Crippen LogP contribution in [0, 0.1) is 0 Å². The van der Waals surface area contributed by atoms with Crippen molar-refractivity contribution in [3.05, 3.63) is 46.3 Å². The maximum atomic E-state index is 5.49. The Morgan fingerprint density at radius 3 is 2.62 bits per heavy atom. The van der Waals surface area contributed by atoms with Crippen molar-refractivity contribution in [1.82, 2.24) is 15.3 Å². The maximum absolute atomic E-state index is 5.49. The first-order chi connectivity index (χ1) is 10.2. The lowest BCUT2D eigenvalue weighted by Gasteiger charge is -2.21. The van der Waals surface area contributed by atoms with E-state index in [0.717, 1.165) is 28.0 Å². The second kappa shape index (κ2) is 7.38. The van der Waals surface area contributed by atoms with Gasteiger partial charge in [-0.25, -0.2) is 4.98 Å². The number of hydrogen-bond donors (Lipinski definition) is 1. The summed E-state index contributed by atoms with van der Waals surface area (Å²) >= 11 is 3.46. The molecule has 0 aliphatic rings. The van der Waals surface area contributed by atoms with Crippen LogP contribution in [0.5, 0.6) is 11.6 Å². The molecule has 0 saturated carbocycles. The fraction of sp³-hybridized carbons (Fsp3) is 0.333. The normalized spacial score (nSPS) is 12.0. The molecule has 1 unspecified atom stereocenters. The van der Waals surface area contributed by atoms with Crippen molar-refractivity contribution in [3.63, 3.8) is 0 Å². The molecule has 0 spiro atoms. The van der Waals surface area contributed by atoms with Crippen molar-refractivity contribution in [1.29, 1.82) is 0 Å². The Bertz CT molecular complexity index is 607. The fourth-order valence-electron chi connectivity index (χ4n) is 2.17. The lowest BCUT2D eigenvalue weighted by molar-refractivity contribution is 0.378. The highest BCUT2D eigenvalue weighted by Crippen LogP contribution is 2.34. The summed E-state index contributed by atoms with van der Waals surface area (Å²) in [6, 6.07) is 5.76. The summed E-state index contributed by atoms with van der Waals surface area (Å²) in [5, 5.41) is 3.41. The molecule has 1 atom stereocenters. The molecular weight excluding hydrogens is 334 g/mol. The van der Waals surface area contributed by atoms with Crippen LogP contribution in [0.2, 0.25) is 0 Å². The van der Waals surface area contributed by atoms with E-state index in [0.29, 0.717) is 5.88 Å². The number of rotatable bonds is 6. The third kappa shape index (κ3) is 3.51. The zero-order chi connectivity index (χ0) is 15.2. The van der Waals surface area contributed by atoms with Crippen molar-refractivity contribution in [2.24, 2.45) is 0 Å². The Kier molecular flexibility index (Phi) is 5.52. The van der Waals surface area contributed by atoms with Crippen molar-refractivity contribution in [2.75, 3.05) is 20.8 Å². The minimum Gasteiger partial charge on any atom is -0.496 e. The number of benzene rings is 1. The van der Waals surface area contributed by atoms with E-state index in [-0.39, 0.29) is 6.04 Å². The Balaban J connectivity index is 2.53. The van der Waals surface area contributed by atoms with Crippen molar-refractivity contribution in [3.8, 4) is 11.6 Å². The number of halogens is 1. The molecule has 1 aromatic carbocycles. The first kappa shape index (κ1) is 15.7. The molecule has 1 N–H and O–H groups in total. The van der Waals surface area contributed by atoms with Crippen molar-refractivity contribution < 1.29 is 9.47 Å². The molecule has 2 aromatic rings. The highest BCUT2D eigenvalue weighted by atomic mass is 79.9. The monoisotopic (exact) mass is 351 g/mol. The molecule has 5 nitrogen and oxygen atoms in total. The summed E-state index contributed by atoms with van der Waals surface area (Å²) in [5.41, 5.74) is 1.73. The van der Waals surface area contributed by atoms with Gasteiger partial charge in [0.05, 0.1) is 20.3 Å². The van der Waals surface area contributed by atoms with Gasteiger partial charge in [0.15, 0.2) is 0 Å². The minimum atomic E-state index is -0.151. The van der Waals surface area contributed by atoms with E-state index < -0.39 is 0 Å². The molecule has 1 heterocycles.